The van der Waals surface area contributed by atoms with E-state index >= 15 is 0 Å². The standard InChI is InChI=1S/C15H15NO2/c1-9(17)13-11-5-3-4-6-12(11)16-14(10-7-8-10)15(13)18-2/h3-6,10H,7-8H2,1-2H3. The summed E-state index contributed by atoms with van der Waals surface area (Å²) in [7, 11) is 1.62. The molecule has 0 atom stereocenters. The number of carbonyl (C=O) groups excluding carboxylic acids is 1. The number of Topliss-reactive ketones (excluding diaryl/α,β-unsaturated/α-hetero) is 1. The van der Waals surface area contributed by atoms with Crippen molar-refractivity contribution in [1.82, 2.24) is 4.98 Å². The second-order valence-corrected chi connectivity index (χ2v) is 4.75. The normalized spacial score (nSPS) is 14.8. The lowest BCUT2D eigenvalue weighted by Gasteiger charge is -2.13. The molecule has 3 nitrogen and oxygen atoms in total. The minimum atomic E-state index is 0.0346. The second-order valence-electron chi connectivity index (χ2n) is 4.75. The van der Waals surface area contributed by atoms with Crippen molar-refractivity contribution < 1.29 is 9.53 Å². The van der Waals surface area contributed by atoms with Crippen LogP contribution in [0.1, 0.15) is 41.7 Å². The summed E-state index contributed by atoms with van der Waals surface area (Å²) in [4.78, 5) is 16.6. The largest absolute Gasteiger partial charge is 0.494 e. The summed E-state index contributed by atoms with van der Waals surface area (Å²) in [6.07, 6.45) is 2.28. The van der Waals surface area contributed by atoms with Crippen LogP contribution >= 0.6 is 0 Å². The van der Waals surface area contributed by atoms with Crippen molar-refractivity contribution >= 4 is 16.7 Å². The molecule has 1 saturated carbocycles. The lowest BCUT2D eigenvalue weighted by molar-refractivity contribution is 0.101. The molecule has 0 spiro atoms. The number of benzene rings is 1. The molecule has 3 rings (SSSR count). The number of fused-ring (bicyclic) bond motifs is 1. The average Bonchev–Trinajstić information content (AvgIpc) is 3.20. The third kappa shape index (κ3) is 1.67. The quantitative estimate of drug-likeness (QED) is 0.774. The number of methoxy groups -OCH3 is 1. The first-order valence-corrected chi connectivity index (χ1v) is 6.20. The van der Waals surface area contributed by atoms with Crippen molar-refractivity contribution in [3.63, 3.8) is 0 Å². The minimum Gasteiger partial charge on any atom is -0.494 e. The van der Waals surface area contributed by atoms with Crippen molar-refractivity contribution in [2.24, 2.45) is 0 Å². The van der Waals surface area contributed by atoms with E-state index in [4.69, 9.17) is 4.74 Å². The fourth-order valence-electron chi connectivity index (χ4n) is 2.40. The van der Waals surface area contributed by atoms with Gasteiger partial charge in [-0.3, -0.25) is 4.79 Å². The van der Waals surface area contributed by atoms with Crippen molar-refractivity contribution in [2.45, 2.75) is 25.7 Å². The summed E-state index contributed by atoms with van der Waals surface area (Å²) >= 11 is 0. The Kier molecular flexibility index (Phi) is 2.54. The molecule has 0 amide bonds. The zero-order chi connectivity index (χ0) is 12.7. The summed E-state index contributed by atoms with van der Waals surface area (Å²) in [6, 6.07) is 7.75. The number of ketones is 1. The Hall–Kier alpha value is -1.90. The van der Waals surface area contributed by atoms with Gasteiger partial charge in [-0.25, -0.2) is 4.98 Å². The topological polar surface area (TPSA) is 39.2 Å². The first kappa shape index (κ1) is 11.2. The maximum absolute atomic E-state index is 11.9. The average molecular weight is 241 g/mol. The van der Waals surface area contributed by atoms with Gasteiger partial charge in [0.05, 0.1) is 23.9 Å². The molecular weight excluding hydrogens is 226 g/mol. The van der Waals surface area contributed by atoms with Gasteiger partial charge >= 0.3 is 0 Å². The van der Waals surface area contributed by atoms with Crippen LogP contribution < -0.4 is 4.74 Å². The van der Waals surface area contributed by atoms with E-state index in [1.54, 1.807) is 14.0 Å². The number of ether oxygens (including phenoxy) is 1. The van der Waals surface area contributed by atoms with Crippen molar-refractivity contribution in [1.29, 1.82) is 0 Å². The molecule has 3 heteroatoms. The number of hydrogen-bond donors (Lipinski definition) is 0. The van der Waals surface area contributed by atoms with Crippen LogP contribution in [0.3, 0.4) is 0 Å². The molecule has 0 bridgehead atoms. The smallest absolute Gasteiger partial charge is 0.164 e. The number of rotatable bonds is 3. The first-order valence-electron chi connectivity index (χ1n) is 6.20. The van der Waals surface area contributed by atoms with Crippen LogP contribution in [0.5, 0.6) is 5.75 Å². The Morgan fingerprint density at radius 2 is 2.06 bits per heavy atom. The van der Waals surface area contributed by atoms with E-state index < -0.39 is 0 Å². The fourth-order valence-corrected chi connectivity index (χ4v) is 2.40. The highest BCUT2D eigenvalue weighted by molar-refractivity contribution is 6.08. The van der Waals surface area contributed by atoms with Gasteiger partial charge in [0.15, 0.2) is 11.5 Å². The van der Waals surface area contributed by atoms with Gasteiger partial charge in [-0.05, 0) is 25.8 Å². The van der Waals surface area contributed by atoms with Crippen LogP contribution in [0.15, 0.2) is 24.3 Å². The van der Waals surface area contributed by atoms with Crippen molar-refractivity contribution in [3.8, 4) is 5.75 Å². The zero-order valence-electron chi connectivity index (χ0n) is 10.6. The number of aromatic nitrogens is 1. The van der Waals surface area contributed by atoms with Gasteiger partial charge in [0.25, 0.3) is 0 Å². The maximum Gasteiger partial charge on any atom is 0.164 e. The number of para-hydroxylation sites is 1. The molecular formula is C15H15NO2. The Bertz CT molecular complexity index is 630. The molecule has 92 valence electrons. The predicted octanol–water partition coefficient (Wildman–Crippen LogP) is 3.32. The van der Waals surface area contributed by atoms with E-state index in [0.29, 0.717) is 17.2 Å². The molecule has 1 aromatic carbocycles. The molecule has 0 aliphatic heterocycles. The number of hydrogen-bond acceptors (Lipinski definition) is 3. The van der Waals surface area contributed by atoms with E-state index in [0.717, 1.165) is 29.4 Å². The summed E-state index contributed by atoms with van der Waals surface area (Å²) < 4.78 is 5.46. The third-order valence-corrected chi connectivity index (χ3v) is 3.39. The molecule has 0 unspecified atom stereocenters. The molecule has 18 heavy (non-hydrogen) atoms. The molecule has 1 aliphatic carbocycles. The summed E-state index contributed by atoms with van der Waals surface area (Å²) in [6.45, 7) is 1.58. The first-order chi connectivity index (χ1) is 8.72. The lowest BCUT2D eigenvalue weighted by atomic mass is 10.0. The van der Waals surface area contributed by atoms with Crippen molar-refractivity contribution in [3.05, 3.63) is 35.5 Å². The molecule has 0 N–H and O–H groups in total. The molecule has 0 saturated heterocycles. The van der Waals surface area contributed by atoms with Gasteiger partial charge in [0.1, 0.15) is 0 Å². The molecule has 1 fully saturated rings. The number of nitrogens with zero attached hydrogens (tertiary/aromatic N) is 1. The van der Waals surface area contributed by atoms with E-state index in [9.17, 15) is 4.79 Å². The Balaban J connectivity index is 2.39. The summed E-state index contributed by atoms with van der Waals surface area (Å²) in [5, 5.41) is 0.881. The Morgan fingerprint density at radius 1 is 1.33 bits per heavy atom. The SMILES string of the molecule is COc1c(C2CC2)nc2ccccc2c1C(C)=O. The third-order valence-electron chi connectivity index (χ3n) is 3.39. The highest BCUT2D eigenvalue weighted by atomic mass is 16.5. The molecule has 1 aromatic heterocycles. The Morgan fingerprint density at radius 3 is 2.67 bits per heavy atom. The van der Waals surface area contributed by atoms with Crippen LogP contribution in [0.2, 0.25) is 0 Å². The van der Waals surface area contributed by atoms with Crippen molar-refractivity contribution in [2.75, 3.05) is 7.11 Å². The second kappa shape index (κ2) is 4.09. The van der Waals surface area contributed by atoms with Gasteiger partial charge in [0, 0.05) is 11.3 Å². The molecule has 0 radical (unpaired) electrons. The van der Waals surface area contributed by atoms with Gasteiger partial charge in [0.2, 0.25) is 0 Å². The van der Waals surface area contributed by atoms with Crippen LogP contribution in [0.25, 0.3) is 10.9 Å². The summed E-state index contributed by atoms with van der Waals surface area (Å²) in [5.41, 5.74) is 2.50. The minimum absolute atomic E-state index is 0.0346. The van der Waals surface area contributed by atoms with Gasteiger partial charge in [-0.1, -0.05) is 18.2 Å². The van der Waals surface area contributed by atoms with E-state index in [-0.39, 0.29) is 5.78 Å². The number of carbonyl (C=O) groups is 1. The monoisotopic (exact) mass is 241 g/mol. The van der Waals surface area contributed by atoms with Gasteiger partial charge in [-0.15, -0.1) is 0 Å². The van der Waals surface area contributed by atoms with Crippen LogP contribution in [-0.2, 0) is 0 Å². The fraction of sp³-hybridized carbons (Fsp3) is 0.333. The predicted molar refractivity (Wildman–Crippen MR) is 70.3 cm³/mol. The van der Waals surface area contributed by atoms with E-state index in [1.165, 1.54) is 0 Å². The number of pyridine rings is 1. The highest BCUT2D eigenvalue weighted by Gasteiger charge is 2.31. The molecule has 1 heterocycles. The molecule has 1 aliphatic rings. The van der Waals surface area contributed by atoms with E-state index in [2.05, 4.69) is 4.98 Å². The van der Waals surface area contributed by atoms with Crippen LogP contribution in [0, 0.1) is 0 Å². The van der Waals surface area contributed by atoms with Gasteiger partial charge in [-0.2, -0.15) is 0 Å². The zero-order valence-corrected chi connectivity index (χ0v) is 10.6. The molecule has 2 aromatic rings. The van der Waals surface area contributed by atoms with Gasteiger partial charge < -0.3 is 4.74 Å². The van der Waals surface area contributed by atoms with E-state index in [1.807, 2.05) is 24.3 Å². The maximum atomic E-state index is 11.9. The highest BCUT2D eigenvalue weighted by Crippen LogP contribution is 2.45. The van der Waals surface area contributed by atoms with Crippen LogP contribution in [0.4, 0.5) is 0 Å². The van der Waals surface area contributed by atoms with Crippen LogP contribution in [-0.4, -0.2) is 17.9 Å². The lowest BCUT2D eigenvalue weighted by Crippen LogP contribution is -2.04. The summed E-state index contributed by atoms with van der Waals surface area (Å²) in [5.74, 6) is 1.17. The Labute approximate surface area is 106 Å².